The van der Waals surface area contributed by atoms with Crippen LogP contribution in [-0.4, -0.2) is 31.5 Å². The average Bonchev–Trinajstić information content (AvgIpc) is 3.11. The monoisotopic (exact) mass is 472 g/mol. The standard InChI is InChI=1S/C23H21ClN2O5S/c1-4-31-23(29)18-13(2)19(21(28)25-16-10-8-15(24)9-11-16)32-22(18)26-20(27)14-6-5-7-17(12-14)30-3/h5-12H,4H2,1-3H3,(H,25,28)(H,26,27). The minimum atomic E-state index is -0.618. The van der Waals surface area contributed by atoms with E-state index in [2.05, 4.69) is 10.6 Å². The Bertz CT molecular complexity index is 1160. The molecule has 0 aliphatic carbocycles. The first-order valence-electron chi connectivity index (χ1n) is 9.66. The van der Waals surface area contributed by atoms with Gasteiger partial charge in [0, 0.05) is 16.3 Å². The number of esters is 1. The molecular weight excluding hydrogens is 452 g/mol. The third-order valence-corrected chi connectivity index (χ3v) is 5.95. The Hall–Kier alpha value is -3.36. The van der Waals surface area contributed by atoms with Crippen molar-refractivity contribution in [3.8, 4) is 5.75 Å². The third kappa shape index (κ3) is 5.27. The molecule has 0 bridgehead atoms. The Morgan fingerprint density at radius 2 is 1.75 bits per heavy atom. The summed E-state index contributed by atoms with van der Waals surface area (Å²) in [5, 5.41) is 6.28. The predicted molar refractivity (Wildman–Crippen MR) is 125 cm³/mol. The smallest absolute Gasteiger partial charge is 0.341 e. The molecule has 3 aromatic rings. The van der Waals surface area contributed by atoms with Crippen molar-refractivity contribution < 1.29 is 23.9 Å². The zero-order chi connectivity index (χ0) is 23.3. The van der Waals surface area contributed by atoms with E-state index in [0.29, 0.717) is 27.6 Å². The van der Waals surface area contributed by atoms with Gasteiger partial charge in [-0.3, -0.25) is 9.59 Å². The first-order valence-corrected chi connectivity index (χ1v) is 10.9. The summed E-state index contributed by atoms with van der Waals surface area (Å²) in [7, 11) is 1.50. The van der Waals surface area contributed by atoms with E-state index in [-0.39, 0.29) is 22.0 Å². The molecule has 9 heteroatoms. The maximum Gasteiger partial charge on any atom is 0.341 e. The van der Waals surface area contributed by atoms with Crippen molar-refractivity contribution in [2.45, 2.75) is 13.8 Å². The fourth-order valence-corrected chi connectivity index (χ4v) is 4.14. The van der Waals surface area contributed by atoms with Crippen LogP contribution in [0.15, 0.2) is 48.5 Å². The van der Waals surface area contributed by atoms with E-state index in [0.717, 1.165) is 11.3 Å². The molecular formula is C23H21ClN2O5S. The van der Waals surface area contributed by atoms with Crippen LogP contribution in [0.1, 0.15) is 42.9 Å². The molecule has 32 heavy (non-hydrogen) atoms. The summed E-state index contributed by atoms with van der Waals surface area (Å²) in [6.07, 6.45) is 0. The lowest BCUT2D eigenvalue weighted by atomic mass is 10.1. The van der Waals surface area contributed by atoms with Crippen molar-refractivity contribution in [3.63, 3.8) is 0 Å². The minimum Gasteiger partial charge on any atom is -0.497 e. The molecule has 166 valence electrons. The molecule has 0 saturated carbocycles. The van der Waals surface area contributed by atoms with Gasteiger partial charge in [0.1, 0.15) is 10.8 Å². The van der Waals surface area contributed by atoms with Crippen molar-refractivity contribution in [1.29, 1.82) is 0 Å². The number of anilines is 2. The van der Waals surface area contributed by atoms with Crippen molar-refractivity contribution >= 4 is 51.4 Å². The van der Waals surface area contributed by atoms with Crippen molar-refractivity contribution in [2.24, 2.45) is 0 Å². The number of benzene rings is 2. The second kappa shape index (κ2) is 10.3. The number of amides is 2. The van der Waals surface area contributed by atoms with Crippen LogP contribution >= 0.6 is 22.9 Å². The molecule has 0 aliphatic heterocycles. The molecule has 1 heterocycles. The van der Waals surface area contributed by atoms with Crippen molar-refractivity contribution in [3.05, 3.63) is 75.1 Å². The number of methoxy groups -OCH3 is 1. The number of hydrogen-bond acceptors (Lipinski definition) is 6. The second-order valence-electron chi connectivity index (χ2n) is 6.63. The first kappa shape index (κ1) is 23.3. The van der Waals surface area contributed by atoms with E-state index in [4.69, 9.17) is 21.1 Å². The second-order valence-corrected chi connectivity index (χ2v) is 8.08. The van der Waals surface area contributed by atoms with Gasteiger partial charge in [-0.25, -0.2) is 4.79 Å². The summed E-state index contributed by atoms with van der Waals surface area (Å²) in [5.41, 5.74) is 1.46. The summed E-state index contributed by atoms with van der Waals surface area (Å²) in [5.74, 6) is -0.955. The third-order valence-electron chi connectivity index (χ3n) is 4.49. The molecule has 0 spiro atoms. The Morgan fingerprint density at radius 1 is 1.03 bits per heavy atom. The summed E-state index contributed by atoms with van der Waals surface area (Å²) in [4.78, 5) is 38.6. The van der Waals surface area contributed by atoms with Gasteiger partial charge in [-0.15, -0.1) is 11.3 Å². The normalized spacial score (nSPS) is 10.4. The number of carbonyl (C=O) groups excluding carboxylic acids is 3. The molecule has 0 saturated heterocycles. The fourth-order valence-electron chi connectivity index (χ4n) is 2.93. The van der Waals surface area contributed by atoms with Gasteiger partial charge in [0.2, 0.25) is 0 Å². The highest BCUT2D eigenvalue weighted by Gasteiger charge is 2.27. The van der Waals surface area contributed by atoms with E-state index in [9.17, 15) is 14.4 Å². The summed E-state index contributed by atoms with van der Waals surface area (Å²) >= 11 is 6.89. The van der Waals surface area contributed by atoms with Crippen LogP contribution < -0.4 is 15.4 Å². The maximum absolute atomic E-state index is 12.9. The highest BCUT2D eigenvalue weighted by molar-refractivity contribution is 7.19. The Labute approximate surface area is 194 Å². The highest BCUT2D eigenvalue weighted by atomic mass is 35.5. The van der Waals surface area contributed by atoms with Crippen LogP contribution in [0.5, 0.6) is 5.75 Å². The van der Waals surface area contributed by atoms with Gasteiger partial charge >= 0.3 is 5.97 Å². The van der Waals surface area contributed by atoms with Crippen molar-refractivity contribution in [1.82, 2.24) is 0 Å². The van der Waals surface area contributed by atoms with Gasteiger partial charge in [0.15, 0.2) is 0 Å². The van der Waals surface area contributed by atoms with Crippen LogP contribution in [0, 0.1) is 6.92 Å². The molecule has 2 aromatic carbocycles. The largest absolute Gasteiger partial charge is 0.497 e. The first-order chi connectivity index (χ1) is 15.3. The van der Waals surface area contributed by atoms with Gasteiger partial charge in [0.05, 0.1) is 24.2 Å². The zero-order valence-electron chi connectivity index (χ0n) is 17.7. The molecule has 0 atom stereocenters. The van der Waals surface area contributed by atoms with E-state index in [1.54, 1.807) is 62.4 Å². The molecule has 0 fully saturated rings. The lowest BCUT2D eigenvalue weighted by Crippen LogP contribution is -2.15. The lowest BCUT2D eigenvalue weighted by Gasteiger charge is -2.08. The quantitative estimate of drug-likeness (QED) is 0.449. The van der Waals surface area contributed by atoms with E-state index in [1.807, 2.05) is 0 Å². The SMILES string of the molecule is CCOC(=O)c1c(NC(=O)c2cccc(OC)c2)sc(C(=O)Nc2ccc(Cl)cc2)c1C. The number of thiophene rings is 1. The van der Waals surface area contributed by atoms with Crippen molar-refractivity contribution in [2.75, 3.05) is 24.4 Å². The minimum absolute atomic E-state index is 0.148. The Morgan fingerprint density at radius 3 is 2.41 bits per heavy atom. The van der Waals surface area contributed by atoms with Crippen LogP contribution in [0.25, 0.3) is 0 Å². The number of halogens is 1. The van der Waals surface area contributed by atoms with Gasteiger partial charge in [-0.05, 0) is 61.9 Å². The molecule has 0 radical (unpaired) electrons. The van der Waals surface area contributed by atoms with E-state index >= 15 is 0 Å². The number of nitrogens with one attached hydrogen (secondary N) is 2. The van der Waals surface area contributed by atoms with Gasteiger partial charge in [-0.1, -0.05) is 17.7 Å². The van der Waals surface area contributed by atoms with E-state index in [1.165, 1.54) is 7.11 Å². The van der Waals surface area contributed by atoms with E-state index < -0.39 is 17.8 Å². The predicted octanol–water partition coefficient (Wildman–Crippen LogP) is 5.40. The maximum atomic E-state index is 12.9. The Kier molecular flexibility index (Phi) is 7.50. The van der Waals surface area contributed by atoms with Crippen LogP contribution in [0.2, 0.25) is 5.02 Å². The summed E-state index contributed by atoms with van der Waals surface area (Å²) < 4.78 is 10.3. The zero-order valence-corrected chi connectivity index (χ0v) is 19.2. The highest BCUT2D eigenvalue weighted by Crippen LogP contribution is 2.35. The molecule has 7 nitrogen and oxygen atoms in total. The van der Waals surface area contributed by atoms with Crippen LogP contribution in [0.4, 0.5) is 10.7 Å². The number of carbonyl (C=O) groups is 3. The molecule has 2 amide bonds. The summed E-state index contributed by atoms with van der Waals surface area (Å²) in [6, 6.07) is 13.2. The molecule has 2 N–H and O–H groups in total. The Balaban J connectivity index is 1.93. The van der Waals surface area contributed by atoms with Crippen LogP contribution in [-0.2, 0) is 4.74 Å². The number of hydrogen-bond donors (Lipinski definition) is 2. The lowest BCUT2D eigenvalue weighted by molar-refractivity contribution is 0.0527. The number of rotatable bonds is 7. The average molecular weight is 473 g/mol. The summed E-state index contributed by atoms with van der Waals surface area (Å²) in [6.45, 7) is 3.48. The fraction of sp³-hybridized carbons (Fsp3) is 0.174. The number of ether oxygens (including phenoxy) is 2. The molecule has 3 rings (SSSR count). The van der Waals surface area contributed by atoms with Gasteiger partial charge in [-0.2, -0.15) is 0 Å². The molecule has 0 unspecified atom stereocenters. The van der Waals surface area contributed by atoms with Gasteiger partial charge < -0.3 is 20.1 Å². The topological polar surface area (TPSA) is 93.7 Å². The van der Waals surface area contributed by atoms with Crippen LogP contribution in [0.3, 0.4) is 0 Å². The van der Waals surface area contributed by atoms with Gasteiger partial charge in [0.25, 0.3) is 11.8 Å². The molecule has 0 aliphatic rings. The molecule has 1 aromatic heterocycles.